The van der Waals surface area contributed by atoms with Crippen LogP contribution in [0.4, 0.5) is 11.5 Å². The van der Waals surface area contributed by atoms with Crippen molar-refractivity contribution in [3.05, 3.63) is 42.4 Å². The third-order valence-electron chi connectivity index (χ3n) is 4.40. The van der Waals surface area contributed by atoms with Crippen LogP contribution in [-0.4, -0.2) is 52.9 Å². The second-order valence-corrected chi connectivity index (χ2v) is 5.90. The standard InChI is InChI=1S/C17H20N6O/c1-13-11-16(23-17(20-13)18-12-19-23)22-9-7-21(8-10-22)14-3-5-15(24-2)6-4-14/h3-6,11-12H,7-10H2,1-2H3. The Bertz CT molecular complexity index is 836. The highest BCUT2D eigenvalue weighted by molar-refractivity contribution is 5.53. The Morgan fingerprint density at radius 2 is 1.71 bits per heavy atom. The Balaban J connectivity index is 1.51. The molecule has 0 amide bonds. The minimum absolute atomic E-state index is 0.655. The van der Waals surface area contributed by atoms with Crippen LogP contribution in [0.3, 0.4) is 0 Å². The Morgan fingerprint density at radius 1 is 1.00 bits per heavy atom. The monoisotopic (exact) mass is 324 g/mol. The van der Waals surface area contributed by atoms with Crippen molar-refractivity contribution in [3.63, 3.8) is 0 Å². The first-order valence-electron chi connectivity index (χ1n) is 8.06. The third-order valence-corrected chi connectivity index (χ3v) is 4.40. The van der Waals surface area contributed by atoms with Gasteiger partial charge in [-0.1, -0.05) is 0 Å². The molecule has 1 fully saturated rings. The van der Waals surface area contributed by atoms with Crippen molar-refractivity contribution < 1.29 is 4.74 Å². The summed E-state index contributed by atoms with van der Waals surface area (Å²) in [6.45, 7) is 5.79. The average molecular weight is 324 g/mol. The maximum absolute atomic E-state index is 5.23. The summed E-state index contributed by atoms with van der Waals surface area (Å²) in [6, 6.07) is 10.3. The Labute approximate surface area is 140 Å². The van der Waals surface area contributed by atoms with Gasteiger partial charge in [0.25, 0.3) is 5.78 Å². The molecule has 4 rings (SSSR count). The van der Waals surface area contributed by atoms with E-state index in [1.54, 1.807) is 13.4 Å². The Kier molecular flexibility index (Phi) is 3.68. The van der Waals surface area contributed by atoms with Gasteiger partial charge >= 0.3 is 0 Å². The maximum atomic E-state index is 5.23. The van der Waals surface area contributed by atoms with E-state index in [4.69, 9.17) is 4.74 Å². The van der Waals surface area contributed by atoms with Crippen LogP contribution < -0.4 is 14.5 Å². The molecule has 0 radical (unpaired) electrons. The first-order chi connectivity index (χ1) is 11.7. The predicted molar refractivity (Wildman–Crippen MR) is 92.9 cm³/mol. The van der Waals surface area contributed by atoms with Crippen molar-refractivity contribution in [3.8, 4) is 5.75 Å². The molecule has 0 aliphatic carbocycles. The quantitative estimate of drug-likeness (QED) is 0.732. The van der Waals surface area contributed by atoms with Gasteiger partial charge in [0, 0.05) is 43.6 Å². The molecule has 1 aromatic carbocycles. The third kappa shape index (κ3) is 2.62. The molecule has 0 bridgehead atoms. The van der Waals surface area contributed by atoms with Crippen LogP contribution in [0.15, 0.2) is 36.7 Å². The van der Waals surface area contributed by atoms with Crippen molar-refractivity contribution in [2.45, 2.75) is 6.92 Å². The molecule has 3 aromatic rings. The lowest BCUT2D eigenvalue weighted by atomic mass is 10.2. The minimum Gasteiger partial charge on any atom is -0.497 e. The number of nitrogens with zero attached hydrogens (tertiary/aromatic N) is 6. The van der Waals surface area contributed by atoms with Gasteiger partial charge in [0.05, 0.1) is 7.11 Å². The molecule has 1 aliphatic rings. The van der Waals surface area contributed by atoms with Gasteiger partial charge in [-0.25, -0.2) is 4.98 Å². The highest BCUT2D eigenvalue weighted by atomic mass is 16.5. The number of fused-ring (bicyclic) bond motifs is 1. The molecule has 7 nitrogen and oxygen atoms in total. The lowest BCUT2D eigenvalue weighted by molar-refractivity contribution is 0.415. The van der Waals surface area contributed by atoms with Crippen LogP contribution in [0.25, 0.3) is 5.78 Å². The molecule has 0 spiro atoms. The van der Waals surface area contributed by atoms with E-state index in [1.807, 2.05) is 23.6 Å². The van der Waals surface area contributed by atoms with Crippen LogP contribution >= 0.6 is 0 Å². The number of aromatic nitrogens is 4. The summed E-state index contributed by atoms with van der Waals surface area (Å²) >= 11 is 0. The molecule has 0 atom stereocenters. The summed E-state index contributed by atoms with van der Waals surface area (Å²) in [7, 11) is 1.69. The van der Waals surface area contributed by atoms with E-state index >= 15 is 0 Å². The molecule has 2 aromatic heterocycles. The molecule has 0 N–H and O–H groups in total. The van der Waals surface area contributed by atoms with E-state index in [2.05, 4.69) is 43.1 Å². The van der Waals surface area contributed by atoms with Crippen molar-refractivity contribution in [1.29, 1.82) is 0 Å². The summed E-state index contributed by atoms with van der Waals surface area (Å²) in [5, 5.41) is 4.31. The van der Waals surface area contributed by atoms with Gasteiger partial charge in [-0.05, 0) is 31.2 Å². The molecular formula is C17H20N6O. The van der Waals surface area contributed by atoms with Gasteiger partial charge in [-0.3, -0.25) is 0 Å². The fourth-order valence-corrected chi connectivity index (χ4v) is 3.12. The molecule has 3 heterocycles. The number of anilines is 2. The highest BCUT2D eigenvalue weighted by Crippen LogP contribution is 2.23. The predicted octanol–water partition coefficient (Wildman–Crippen LogP) is 1.77. The molecule has 1 saturated heterocycles. The van der Waals surface area contributed by atoms with Crippen LogP contribution in [0.2, 0.25) is 0 Å². The first-order valence-corrected chi connectivity index (χ1v) is 8.06. The largest absolute Gasteiger partial charge is 0.497 e. The minimum atomic E-state index is 0.655. The van der Waals surface area contributed by atoms with E-state index in [0.717, 1.165) is 43.4 Å². The fraction of sp³-hybridized carbons (Fsp3) is 0.353. The van der Waals surface area contributed by atoms with Gasteiger partial charge in [0.2, 0.25) is 0 Å². The van der Waals surface area contributed by atoms with E-state index < -0.39 is 0 Å². The van der Waals surface area contributed by atoms with Crippen molar-refractivity contribution >= 4 is 17.3 Å². The van der Waals surface area contributed by atoms with E-state index in [-0.39, 0.29) is 0 Å². The lowest BCUT2D eigenvalue weighted by Crippen LogP contribution is -2.47. The lowest BCUT2D eigenvalue weighted by Gasteiger charge is -2.37. The van der Waals surface area contributed by atoms with Crippen molar-refractivity contribution in [1.82, 2.24) is 19.6 Å². The molecule has 1 aliphatic heterocycles. The second-order valence-electron chi connectivity index (χ2n) is 5.90. The normalized spacial score (nSPS) is 15.1. The van der Waals surface area contributed by atoms with Crippen molar-refractivity contribution in [2.75, 3.05) is 43.1 Å². The molecular weight excluding hydrogens is 304 g/mol. The Hall–Kier alpha value is -2.83. The summed E-state index contributed by atoms with van der Waals surface area (Å²) in [4.78, 5) is 13.4. The number of methoxy groups -OCH3 is 1. The number of ether oxygens (including phenoxy) is 1. The van der Waals surface area contributed by atoms with Crippen LogP contribution in [0, 0.1) is 6.92 Å². The Morgan fingerprint density at radius 3 is 2.42 bits per heavy atom. The van der Waals surface area contributed by atoms with E-state index in [9.17, 15) is 0 Å². The number of hydrogen-bond acceptors (Lipinski definition) is 6. The number of piperazine rings is 1. The molecule has 124 valence electrons. The van der Waals surface area contributed by atoms with Gasteiger partial charge in [-0.15, -0.1) is 0 Å². The molecule has 7 heteroatoms. The van der Waals surface area contributed by atoms with Crippen LogP contribution in [0.1, 0.15) is 5.69 Å². The summed E-state index contributed by atoms with van der Waals surface area (Å²) in [5.41, 5.74) is 2.19. The summed E-state index contributed by atoms with van der Waals surface area (Å²) < 4.78 is 7.04. The summed E-state index contributed by atoms with van der Waals surface area (Å²) in [6.07, 6.45) is 1.55. The molecule has 24 heavy (non-hydrogen) atoms. The smallest absolute Gasteiger partial charge is 0.254 e. The molecule has 0 unspecified atom stereocenters. The van der Waals surface area contributed by atoms with E-state index in [1.165, 1.54) is 5.69 Å². The number of aryl methyl sites for hydroxylation is 1. The van der Waals surface area contributed by atoms with Gasteiger partial charge in [0.1, 0.15) is 17.9 Å². The zero-order chi connectivity index (χ0) is 16.5. The van der Waals surface area contributed by atoms with Gasteiger partial charge in [0.15, 0.2) is 0 Å². The number of rotatable bonds is 3. The summed E-state index contributed by atoms with van der Waals surface area (Å²) in [5.74, 6) is 2.60. The fourth-order valence-electron chi connectivity index (χ4n) is 3.12. The number of benzene rings is 1. The maximum Gasteiger partial charge on any atom is 0.254 e. The SMILES string of the molecule is COc1ccc(N2CCN(c3cc(C)nc4ncnn34)CC2)cc1. The van der Waals surface area contributed by atoms with Gasteiger partial charge < -0.3 is 14.5 Å². The average Bonchev–Trinajstić information content (AvgIpc) is 3.09. The zero-order valence-electron chi connectivity index (χ0n) is 13.9. The van der Waals surface area contributed by atoms with Crippen LogP contribution in [0.5, 0.6) is 5.75 Å². The van der Waals surface area contributed by atoms with Crippen molar-refractivity contribution in [2.24, 2.45) is 0 Å². The zero-order valence-corrected chi connectivity index (χ0v) is 13.9. The van der Waals surface area contributed by atoms with E-state index in [0.29, 0.717) is 5.78 Å². The topological polar surface area (TPSA) is 58.8 Å². The second kappa shape index (κ2) is 5.99. The van der Waals surface area contributed by atoms with Gasteiger partial charge in [-0.2, -0.15) is 14.6 Å². The first kappa shape index (κ1) is 14.7. The highest BCUT2D eigenvalue weighted by Gasteiger charge is 2.20. The molecule has 0 saturated carbocycles. The number of hydrogen-bond donors (Lipinski definition) is 0. The van der Waals surface area contributed by atoms with Crippen LogP contribution in [-0.2, 0) is 0 Å².